The molecule has 0 aliphatic carbocycles. The number of hydrogen-bond donors (Lipinski definition) is 2. The van der Waals surface area contributed by atoms with Gasteiger partial charge in [-0.2, -0.15) is 0 Å². The summed E-state index contributed by atoms with van der Waals surface area (Å²) in [5, 5.41) is 12.3. The topological polar surface area (TPSA) is 66.4 Å². The predicted octanol–water partition coefficient (Wildman–Crippen LogP) is 3.42. The number of hydrogen-bond acceptors (Lipinski definition) is 2. The van der Waals surface area contributed by atoms with Gasteiger partial charge < -0.3 is 10.4 Å². The third-order valence-electron chi connectivity index (χ3n) is 3.06. The number of aliphatic carboxylic acids is 1. The van der Waals surface area contributed by atoms with Gasteiger partial charge in [-0.05, 0) is 23.8 Å². The number of carboxylic acids is 1. The lowest BCUT2D eigenvalue weighted by Gasteiger charge is -2.15. The molecule has 2 aromatic carbocycles. The Balaban J connectivity index is 2.14. The number of amides is 1. The summed E-state index contributed by atoms with van der Waals surface area (Å²) < 4.78 is 0. The summed E-state index contributed by atoms with van der Waals surface area (Å²) in [7, 11) is 0. The number of rotatable bonds is 5. The number of halogens is 2. The van der Waals surface area contributed by atoms with Gasteiger partial charge >= 0.3 is 5.97 Å². The van der Waals surface area contributed by atoms with E-state index in [0.717, 1.165) is 5.56 Å². The molecule has 1 unspecified atom stereocenters. The van der Waals surface area contributed by atoms with Crippen LogP contribution in [0.1, 0.15) is 15.9 Å². The van der Waals surface area contributed by atoms with Gasteiger partial charge in [0.2, 0.25) is 0 Å². The van der Waals surface area contributed by atoms with Gasteiger partial charge in [-0.25, -0.2) is 4.79 Å². The minimum atomic E-state index is -1.11. The number of carboxylic acid groups (broad SMARTS) is 1. The van der Waals surface area contributed by atoms with Crippen LogP contribution in [-0.4, -0.2) is 23.0 Å². The Labute approximate surface area is 137 Å². The van der Waals surface area contributed by atoms with Crippen molar-refractivity contribution in [3.05, 3.63) is 69.7 Å². The highest BCUT2D eigenvalue weighted by molar-refractivity contribution is 6.36. The molecule has 0 aliphatic heterocycles. The highest BCUT2D eigenvalue weighted by Crippen LogP contribution is 2.21. The number of nitrogens with one attached hydrogen (secondary N) is 1. The largest absolute Gasteiger partial charge is 0.480 e. The van der Waals surface area contributed by atoms with E-state index in [1.165, 1.54) is 18.2 Å². The van der Waals surface area contributed by atoms with Crippen LogP contribution in [0.15, 0.2) is 48.5 Å². The van der Waals surface area contributed by atoms with E-state index in [4.69, 9.17) is 23.2 Å². The van der Waals surface area contributed by atoms with Crippen molar-refractivity contribution in [1.29, 1.82) is 0 Å². The van der Waals surface area contributed by atoms with E-state index in [-0.39, 0.29) is 17.0 Å². The van der Waals surface area contributed by atoms with Crippen LogP contribution in [0.4, 0.5) is 0 Å². The Kier molecular flexibility index (Phi) is 5.41. The molecule has 0 bridgehead atoms. The average molecular weight is 338 g/mol. The van der Waals surface area contributed by atoms with Gasteiger partial charge in [-0.1, -0.05) is 53.5 Å². The summed E-state index contributed by atoms with van der Waals surface area (Å²) in [6, 6.07) is 12.4. The molecule has 0 saturated heterocycles. The number of carbonyl (C=O) groups excluding carboxylic acids is 1. The first-order chi connectivity index (χ1) is 10.5. The average Bonchev–Trinajstić information content (AvgIpc) is 2.47. The van der Waals surface area contributed by atoms with Crippen LogP contribution in [-0.2, 0) is 11.2 Å². The van der Waals surface area contributed by atoms with Crippen LogP contribution in [0.3, 0.4) is 0 Å². The third-order valence-corrected chi connectivity index (χ3v) is 3.61. The zero-order valence-corrected chi connectivity index (χ0v) is 12.9. The summed E-state index contributed by atoms with van der Waals surface area (Å²) in [6.45, 7) is 0. The van der Waals surface area contributed by atoms with Gasteiger partial charge in [-0.15, -0.1) is 0 Å². The zero-order valence-electron chi connectivity index (χ0n) is 11.4. The lowest BCUT2D eigenvalue weighted by molar-refractivity contribution is -0.139. The van der Waals surface area contributed by atoms with Gasteiger partial charge in [0.15, 0.2) is 0 Å². The van der Waals surface area contributed by atoms with E-state index in [1.807, 2.05) is 18.2 Å². The maximum atomic E-state index is 12.2. The zero-order chi connectivity index (χ0) is 16.1. The Morgan fingerprint density at radius 3 is 2.36 bits per heavy atom. The van der Waals surface area contributed by atoms with Crippen LogP contribution in [0, 0.1) is 0 Å². The van der Waals surface area contributed by atoms with Crippen molar-refractivity contribution in [2.75, 3.05) is 0 Å². The van der Waals surface area contributed by atoms with Crippen LogP contribution in [0.2, 0.25) is 10.0 Å². The molecule has 0 aromatic heterocycles. The minimum Gasteiger partial charge on any atom is -0.480 e. The molecule has 4 nitrogen and oxygen atoms in total. The Bertz CT molecular complexity index is 689. The summed E-state index contributed by atoms with van der Waals surface area (Å²) in [4.78, 5) is 23.5. The van der Waals surface area contributed by atoms with Crippen molar-refractivity contribution >= 4 is 35.1 Å². The fraction of sp³-hybridized carbons (Fsp3) is 0.125. The van der Waals surface area contributed by atoms with E-state index >= 15 is 0 Å². The Hall–Kier alpha value is -2.04. The molecule has 0 aliphatic rings. The minimum absolute atomic E-state index is 0.175. The van der Waals surface area contributed by atoms with Gasteiger partial charge in [0, 0.05) is 11.4 Å². The van der Waals surface area contributed by atoms with E-state index in [1.54, 1.807) is 12.1 Å². The highest BCUT2D eigenvalue weighted by Gasteiger charge is 2.22. The molecule has 2 N–H and O–H groups in total. The second-order valence-corrected chi connectivity index (χ2v) is 5.52. The Morgan fingerprint density at radius 2 is 1.77 bits per heavy atom. The molecule has 22 heavy (non-hydrogen) atoms. The normalized spacial score (nSPS) is 11.7. The van der Waals surface area contributed by atoms with Crippen molar-refractivity contribution in [2.24, 2.45) is 0 Å². The quantitative estimate of drug-likeness (QED) is 0.878. The Morgan fingerprint density at radius 1 is 1.09 bits per heavy atom. The first-order valence-electron chi connectivity index (χ1n) is 6.50. The predicted molar refractivity (Wildman–Crippen MR) is 85.5 cm³/mol. The van der Waals surface area contributed by atoms with Crippen molar-refractivity contribution in [3.8, 4) is 0 Å². The monoisotopic (exact) mass is 337 g/mol. The van der Waals surface area contributed by atoms with Crippen LogP contribution in [0.5, 0.6) is 0 Å². The molecule has 114 valence electrons. The summed E-state index contributed by atoms with van der Waals surface area (Å²) in [5.41, 5.74) is 1.00. The van der Waals surface area contributed by atoms with Crippen LogP contribution >= 0.6 is 23.2 Å². The van der Waals surface area contributed by atoms with Crippen molar-refractivity contribution in [1.82, 2.24) is 5.32 Å². The van der Waals surface area contributed by atoms with Crippen LogP contribution < -0.4 is 5.32 Å². The molecule has 0 saturated carbocycles. The number of carbonyl (C=O) groups is 2. The van der Waals surface area contributed by atoms with E-state index in [0.29, 0.717) is 5.02 Å². The third kappa shape index (κ3) is 4.23. The molecule has 0 radical (unpaired) electrons. The number of benzene rings is 2. The molecule has 1 amide bonds. The summed E-state index contributed by atoms with van der Waals surface area (Å²) in [6.07, 6.45) is 0.188. The summed E-state index contributed by atoms with van der Waals surface area (Å²) in [5.74, 6) is -1.66. The van der Waals surface area contributed by atoms with Gasteiger partial charge in [0.1, 0.15) is 6.04 Å². The first-order valence-corrected chi connectivity index (χ1v) is 7.25. The van der Waals surface area contributed by atoms with E-state index in [2.05, 4.69) is 5.32 Å². The van der Waals surface area contributed by atoms with Gasteiger partial charge in [0.25, 0.3) is 5.91 Å². The SMILES string of the molecule is O=C(NC(Cc1ccccc1)C(=O)O)c1ccc(Cl)cc1Cl. The molecule has 0 fully saturated rings. The molecular formula is C16H13Cl2NO3. The van der Waals surface area contributed by atoms with Crippen molar-refractivity contribution in [2.45, 2.75) is 12.5 Å². The maximum Gasteiger partial charge on any atom is 0.326 e. The second kappa shape index (κ2) is 7.29. The molecule has 0 heterocycles. The molecular weight excluding hydrogens is 325 g/mol. The second-order valence-electron chi connectivity index (χ2n) is 4.68. The lowest BCUT2D eigenvalue weighted by atomic mass is 10.1. The molecule has 0 spiro atoms. The molecule has 6 heteroatoms. The first kappa shape index (κ1) is 16.3. The smallest absolute Gasteiger partial charge is 0.326 e. The van der Waals surface area contributed by atoms with Gasteiger partial charge in [0.05, 0.1) is 10.6 Å². The lowest BCUT2D eigenvalue weighted by Crippen LogP contribution is -2.42. The van der Waals surface area contributed by atoms with Crippen LogP contribution in [0.25, 0.3) is 0 Å². The molecule has 2 aromatic rings. The standard InChI is InChI=1S/C16H13Cl2NO3/c17-11-6-7-12(13(18)9-11)15(20)19-14(16(21)22)8-10-4-2-1-3-5-10/h1-7,9,14H,8H2,(H,19,20)(H,21,22). The van der Waals surface area contributed by atoms with Crippen molar-refractivity contribution < 1.29 is 14.7 Å². The maximum absolute atomic E-state index is 12.2. The fourth-order valence-corrected chi connectivity index (χ4v) is 2.45. The molecule has 2 rings (SSSR count). The van der Waals surface area contributed by atoms with Gasteiger partial charge in [-0.3, -0.25) is 4.79 Å². The highest BCUT2D eigenvalue weighted by atomic mass is 35.5. The summed E-state index contributed by atoms with van der Waals surface area (Å²) >= 11 is 11.7. The van der Waals surface area contributed by atoms with Crippen molar-refractivity contribution in [3.63, 3.8) is 0 Å². The van der Waals surface area contributed by atoms with E-state index in [9.17, 15) is 14.7 Å². The fourth-order valence-electron chi connectivity index (χ4n) is 1.96. The van der Waals surface area contributed by atoms with E-state index < -0.39 is 17.9 Å². The molecule has 1 atom stereocenters.